The van der Waals surface area contributed by atoms with E-state index in [9.17, 15) is 22.7 Å². The van der Waals surface area contributed by atoms with Crippen LogP contribution in [0.15, 0.2) is 41.6 Å². The summed E-state index contributed by atoms with van der Waals surface area (Å²) in [5, 5.41) is 12.6. The van der Waals surface area contributed by atoms with E-state index in [-0.39, 0.29) is 10.6 Å². The van der Waals surface area contributed by atoms with Crippen molar-refractivity contribution < 1.29 is 22.7 Å². The molecule has 2 N–H and O–H groups in total. The average Bonchev–Trinajstić information content (AvgIpc) is 2.49. The summed E-state index contributed by atoms with van der Waals surface area (Å²) in [7, 11) is -3.99. The second kappa shape index (κ2) is 6.62. The normalized spacial score (nSPS) is 14.0. The summed E-state index contributed by atoms with van der Waals surface area (Å²) in [5.74, 6) is -1.86. The third kappa shape index (κ3) is 4.33. The lowest BCUT2D eigenvalue weighted by atomic mass is 10.1. The number of benzene rings is 1. The molecule has 1 aromatic heterocycles. The van der Waals surface area contributed by atoms with Crippen molar-refractivity contribution in [1.82, 2.24) is 9.97 Å². The summed E-state index contributed by atoms with van der Waals surface area (Å²) in [6.07, 6.45) is 2.68. The van der Waals surface area contributed by atoms with Crippen LogP contribution in [0.3, 0.4) is 0 Å². The highest BCUT2D eigenvalue weighted by atomic mass is 32.2. The Morgan fingerprint density at radius 2 is 1.79 bits per heavy atom. The molecule has 0 radical (unpaired) electrons. The van der Waals surface area contributed by atoms with Crippen LogP contribution in [0.1, 0.15) is 12.7 Å². The van der Waals surface area contributed by atoms with Crippen molar-refractivity contribution in [2.75, 3.05) is 11.1 Å². The zero-order valence-electron chi connectivity index (χ0n) is 13.0. The van der Waals surface area contributed by atoms with Gasteiger partial charge in [0.25, 0.3) is 5.91 Å². The third-order valence-electron chi connectivity index (χ3n) is 3.17. The number of hydrogen-bond donors (Lipinski definition) is 2. The molecule has 7 nitrogen and oxygen atoms in total. The fourth-order valence-electron chi connectivity index (χ4n) is 1.88. The Morgan fingerprint density at radius 1 is 1.25 bits per heavy atom. The molecule has 128 valence electrons. The molecule has 0 saturated carbocycles. The van der Waals surface area contributed by atoms with Crippen LogP contribution in [0.4, 0.5) is 10.1 Å². The summed E-state index contributed by atoms with van der Waals surface area (Å²) in [6, 6.07) is 4.13. The van der Waals surface area contributed by atoms with Crippen molar-refractivity contribution in [3.05, 3.63) is 48.3 Å². The first kappa shape index (κ1) is 18.0. The summed E-state index contributed by atoms with van der Waals surface area (Å²) in [6.45, 7) is 2.75. The van der Waals surface area contributed by atoms with Gasteiger partial charge in [-0.25, -0.2) is 22.8 Å². The van der Waals surface area contributed by atoms with Gasteiger partial charge >= 0.3 is 0 Å². The number of anilines is 1. The number of carbonyl (C=O) groups excluding carboxylic acids is 1. The Hall–Kier alpha value is -2.39. The molecule has 0 aliphatic heterocycles. The SMILES string of the molecule is Cc1ncc(NC(=O)[C@@](C)(O)CS(=O)(=O)c2ccc(F)cc2)cn1. The third-order valence-corrected chi connectivity index (χ3v) is 5.10. The number of aryl methyl sites for hydroxylation is 1. The summed E-state index contributed by atoms with van der Waals surface area (Å²) in [5.41, 5.74) is -1.97. The van der Waals surface area contributed by atoms with Gasteiger partial charge in [0.15, 0.2) is 15.4 Å². The Morgan fingerprint density at radius 3 is 2.33 bits per heavy atom. The number of aliphatic hydroxyl groups is 1. The smallest absolute Gasteiger partial charge is 0.257 e. The van der Waals surface area contributed by atoms with Crippen molar-refractivity contribution in [3.63, 3.8) is 0 Å². The predicted octanol–water partition coefficient (Wildman–Crippen LogP) is 1.09. The number of nitrogens with one attached hydrogen (secondary N) is 1. The number of rotatable bonds is 5. The van der Waals surface area contributed by atoms with Crippen LogP contribution in [-0.2, 0) is 14.6 Å². The van der Waals surface area contributed by atoms with Gasteiger partial charge in [-0.2, -0.15) is 0 Å². The van der Waals surface area contributed by atoms with Crippen LogP contribution in [0.5, 0.6) is 0 Å². The summed E-state index contributed by atoms with van der Waals surface area (Å²) < 4.78 is 37.4. The number of nitrogens with zero attached hydrogens (tertiary/aromatic N) is 2. The predicted molar refractivity (Wildman–Crippen MR) is 84.5 cm³/mol. The minimum absolute atomic E-state index is 0.185. The van der Waals surface area contributed by atoms with Crippen LogP contribution in [0.2, 0.25) is 0 Å². The Balaban J connectivity index is 2.15. The van der Waals surface area contributed by atoms with Gasteiger partial charge in [0.2, 0.25) is 0 Å². The second-order valence-corrected chi connectivity index (χ2v) is 7.45. The first-order valence-corrected chi connectivity index (χ1v) is 8.56. The maximum atomic E-state index is 12.9. The van der Waals surface area contributed by atoms with Gasteiger partial charge in [-0.15, -0.1) is 0 Å². The van der Waals surface area contributed by atoms with Crippen molar-refractivity contribution in [2.24, 2.45) is 0 Å². The molecular formula is C15H16FN3O4S. The lowest BCUT2D eigenvalue weighted by Crippen LogP contribution is -2.45. The van der Waals surface area contributed by atoms with E-state index in [1.807, 2.05) is 0 Å². The van der Waals surface area contributed by atoms with Gasteiger partial charge in [-0.3, -0.25) is 4.79 Å². The van der Waals surface area contributed by atoms with Gasteiger partial charge < -0.3 is 10.4 Å². The molecule has 2 rings (SSSR count). The average molecular weight is 353 g/mol. The zero-order chi connectivity index (χ0) is 18.0. The van der Waals surface area contributed by atoms with E-state index in [4.69, 9.17) is 0 Å². The van der Waals surface area contributed by atoms with Crippen molar-refractivity contribution in [3.8, 4) is 0 Å². The molecule has 24 heavy (non-hydrogen) atoms. The van der Waals surface area contributed by atoms with E-state index >= 15 is 0 Å². The Bertz CT molecular complexity index is 834. The lowest BCUT2D eigenvalue weighted by molar-refractivity contribution is -0.130. The van der Waals surface area contributed by atoms with Crippen molar-refractivity contribution in [1.29, 1.82) is 0 Å². The maximum absolute atomic E-state index is 12.9. The monoisotopic (exact) mass is 353 g/mol. The van der Waals surface area contributed by atoms with Gasteiger partial charge in [-0.05, 0) is 38.1 Å². The van der Waals surface area contributed by atoms with E-state index in [0.717, 1.165) is 31.2 Å². The standard InChI is InChI=1S/C15H16FN3O4S/c1-10-17-7-12(8-18-10)19-14(20)15(2,21)9-24(22,23)13-5-3-11(16)4-6-13/h3-8,21H,9H2,1-2H3,(H,19,20)/t15-/m0/s1. The summed E-state index contributed by atoms with van der Waals surface area (Å²) >= 11 is 0. The van der Waals surface area contributed by atoms with Crippen molar-refractivity contribution in [2.45, 2.75) is 24.3 Å². The van der Waals surface area contributed by atoms with E-state index in [2.05, 4.69) is 15.3 Å². The van der Waals surface area contributed by atoms with Crippen LogP contribution in [-0.4, -0.2) is 40.8 Å². The minimum atomic E-state index is -3.99. The maximum Gasteiger partial charge on any atom is 0.257 e. The molecular weight excluding hydrogens is 337 g/mol. The van der Waals surface area contributed by atoms with E-state index in [0.29, 0.717) is 5.82 Å². The molecule has 9 heteroatoms. The molecule has 1 heterocycles. The molecule has 0 bridgehead atoms. The van der Waals surface area contributed by atoms with E-state index < -0.39 is 32.9 Å². The van der Waals surface area contributed by atoms with E-state index in [1.54, 1.807) is 6.92 Å². The molecule has 0 spiro atoms. The van der Waals surface area contributed by atoms with Crippen LogP contribution in [0, 0.1) is 12.7 Å². The van der Waals surface area contributed by atoms with Crippen LogP contribution >= 0.6 is 0 Å². The Kier molecular flexibility index (Phi) is 4.95. The number of halogens is 1. The zero-order valence-corrected chi connectivity index (χ0v) is 13.8. The molecule has 0 aliphatic rings. The molecule has 1 aromatic carbocycles. The number of carbonyl (C=O) groups is 1. The van der Waals surface area contributed by atoms with Crippen molar-refractivity contribution >= 4 is 21.4 Å². The fraction of sp³-hybridized carbons (Fsp3) is 0.267. The second-order valence-electron chi connectivity index (χ2n) is 5.46. The largest absolute Gasteiger partial charge is 0.379 e. The molecule has 1 atom stereocenters. The number of aromatic nitrogens is 2. The van der Waals surface area contributed by atoms with Gasteiger partial charge in [-0.1, -0.05) is 0 Å². The number of sulfone groups is 1. The highest BCUT2D eigenvalue weighted by molar-refractivity contribution is 7.91. The topological polar surface area (TPSA) is 109 Å². The number of amides is 1. The highest BCUT2D eigenvalue weighted by Crippen LogP contribution is 2.19. The quantitative estimate of drug-likeness (QED) is 0.779. The van der Waals surface area contributed by atoms with E-state index in [1.165, 1.54) is 12.4 Å². The fourth-order valence-corrected chi connectivity index (χ4v) is 3.47. The Labute approximate surface area is 138 Å². The van der Waals surface area contributed by atoms with Gasteiger partial charge in [0.05, 0.1) is 28.7 Å². The highest BCUT2D eigenvalue weighted by Gasteiger charge is 2.36. The molecule has 0 aliphatic carbocycles. The van der Waals surface area contributed by atoms with Crippen LogP contribution in [0.25, 0.3) is 0 Å². The molecule has 0 fully saturated rings. The molecule has 0 saturated heterocycles. The molecule has 2 aromatic rings. The molecule has 0 unspecified atom stereocenters. The molecule has 1 amide bonds. The van der Waals surface area contributed by atoms with Crippen LogP contribution < -0.4 is 5.32 Å². The summed E-state index contributed by atoms with van der Waals surface area (Å²) in [4.78, 5) is 19.7. The number of hydrogen-bond acceptors (Lipinski definition) is 6. The first-order valence-electron chi connectivity index (χ1n) is 6.91. The first-order chi connectivity index (χ1) is 11.1. The van der Waals surface area contributed by atoms with Gasteiger partial charge in [0.1, 0.15) is 11.6 Å². The minimum Gasteiger partial charge on any atom is -0.379 e. The van der Waals surface area contributed by atoms with Gasteiger partial charge in [0, 0.05) is 0 Å². The lowest BCUT2D eigenvalue weighted by Gasteiger charge is -2.22.